The third-order valence-electron chi connectivity index (χ3n) is 4.31. The molecule has 3 heterocycles. The lowest BCUT2D eigenvalue weighted by atomic mass is 10.1. The molecule has 6 heteroatoms. The predicted molar refractivity (Wildman–Crippen MR) is 100 cm³/mol. The van der Waals surface area contributed by atoms with Crippen LogP contribution < -0.4 is 5.32 Å². The zero-order valence-corrected chi connectivity index (χ0v) is 14.5. The number of carbonyl (C=O) groups is 1. The Morgan fingerprint density at radius 2 is 2.08 bits per heavy atom. The topological polar surface area (TPSA) is 57.8 Å². The van der Waals surface area contributed by atoms with Crippen LogP contribution in [0.15, 0.2) is 48.7 Å². The SMILES string of the molecule is O=C1NCCc2[nH]c(-c3ccnc(C(F)=Cc4ccccc4Cl)c3)cc21. The number of carbonyl (C=O) groups excluding carboxylic acids is 1. The third kappa shape index (κ3) is 3.13. The van der Waals surface area contributed by atoms with E-state index >= 15 is 0 Å². The number of pyridine rings is 1. The van der Waals surface area contributed by atoms with Gasteiger partial charge in [-0.25, -0.2) is 4.39 Å². The molecule has 0 spiro atoms. The van der Waals surface area contributed by atoms with Crippen molar-refractivity contribution in [2.24, 2.45) is 0 Å². The Labute approximate surface area is 154 Å². The number of amides is 1. The Hall–Kier alpha value is -2.92. The second kappa shape index (κ2) is 6.77. The van der Waals surface area contributed by atoms with E-state index in [2.05, 4.69) is 15.3 Å². The number of rotatable bonds is 3. The van der Waals surface area contributed by atoms with E-state index in [-0.39, 0.29) is 11.6 Å². The van der Waals surface area contributed by atoms with Crippen molar-refractivity contribution >= 4 is 29.4 Å². The van der Waals surface area contributed by atoms with E-state index in [1.165, 1.54) is 6.08 Å². The molecule has 4 nitrogen and oxygen atoms in total. The molecule has 2 aromatic heterocycles. The molecule has 1 aliphatic heterocycles. The number of aromatic amines is 1. The maximum absolute atomic E-state index is 14.7. The fraction of sp³-hybridized carbons (Fsp3) is 0.100. The summed E-state index contributed by atoms with van der Waals surface area (Å²) in [4.78, 5) is 19.3. The van der Waals surface area contributed by atoms with Crippen LogP contribution in [0.1, 0.15) is 27.3 Å². The largest absolute Gasteiger partial charge is 0.358 e. The molecule has 0 bridgehead atoms. The summed E-state index contributed by atoms with van der Waals surface area (Å²) in [6.07, 6.45) is 3.66. The van der Waals surface area contributed by atoms with Gasteiger partial charge in [0.1, 0.15) is 5.83 Å². The number of fused-ring (bicyclic) bond motifs is 1. The van der Waals surface area contributed by atoms with E-state index in [9.17, 15) is 9.18 Å². The average molecular weight is 368 g/mol. The Morgan fingerprint density at radius 1 is 1.23 bits per heavy atom. The number of H-pyrrole nitrogens is 1. The zero-order valence-electron chi connectivity index (χ0n) is 13.7. The van der Waals surface area contributed by atoms with E-state index < -0.39 is 5.83 Å². The molecule has 3 aromatic rings. The molecular weight excluding hydrogens is 353 g/mol. The van der Waals surface area contributed by atoms with Crippen LogP contribution in [0.2, 0.25) is 5.02 Å². The van der Waals surface area contributed by atoms with Gasteiger partial charge in [-0.1, -0.05) is 29.8 Å². The highest BCUT2D eigenvalue weighted by atomic mass is 35.5. The number of nitrogens with one attached hydrogen (secondary N) is 2. The monoisotopic (exact) mass is 367 g/mol. The summed E-state index contributed by atoms with van der Waals surface area (Å²) in [5.74, 6) is -0.568. The van der Waals surface area contributed by atoms with Gasteiger partial charge in [-0.15, -0.1) is 0 Å². The van der Waals surface area contributed by atoms with Crippen molar-refractivity contribution in [1.82, 2.24) is 15.3 Å². The van der Waals surface area contributed by atoms with Crippen LogP contribution in [0.4, 0.5) is 4.39 Å². The van der Waals surface area contributed by atoms with Crippen molar-refractivity contribution < 1.29 is 9.18 Å². The van der Waals surface area contributed by atoms with Crippen LogP contribution >= 0.6 is 11.6 Å². The highest BCUT2D eigenvalue weighted by Gasteiger charge is 2.20. The Morgan fingerprint density at radius 3 is 2.88 bits per heavy atom. The summed E-state index contributed by atoms with van der Waals surface area (Å²) in [6.45, 7) is 0.614. The number of benzene rings is 1. The minimum Gasteiger partial charge on any atom is -0.358 e. The van der Waals surface area contributed by atoms with Crippen LogP contribution in [0.5, 0.6) is 0 Å². The summed E-state index contributed by atoms with van der Waals surface area (Å²) in [7, 11) is 0. The normalized spacial score (nSPS) is 14.1. The second-order valence-electron chi connectivity index (χ2n) is 6.02. The third-order valence-corrected chi connectivity index (χ3v) is 4.65. The fourth-order valence-electron chi connectivity index (χ4n) is 2.98. The van der Waals surface area contributed by atoms with Crippen molar-refractivity contribution in [3.8, 4) is 11.3 Å². The Bertz CT molecular complexity index is 1030. The van der Waals surface area contributed by atoms with Gasteiger partial charge < -0.3 is 10.3 Å². The number of nitrogens with zero attached hydrogens (tertiary/aromatic N) is 1. The minimum atomic E-state index is -0.478. The van der Waals surface area contributed by atoms with Gasteiger partial charge in [0.15, 0.2) is 0 Å². The first-order valence-electron chi connectivity index (χ1n) is 8.20. The lowest BCUT2D eigenvalue weighted by Crippen LogP contribution is -2.31. The molecule has 0 aliphatic carbocycles. The van der Waals surface area contributed by atoms with E-state index in [0.29, 0.717) is 22.7 Å². The Balaban J connectivity index is 1.69. The molecular formula is C20H15ClFN3O. The van der Waals surface area contributed by atoms with Crippen molar-refractivity contribution in [3.05, 3.63) is 76.2 Å². The summed E-state index contributed by atoms with van der Waals surface area (Å²) < 4.78 is 14.7. The van der Waals surface area contributed by atoms with Gasteiger partial charge >= 0.3 is 0 Å². The average Bonchev–Trinajstić information content (AvgIpc) is 3.09. The van der Waals surface area contributed by atoms with E-state index in [1.807, 2.05) is 0 Å². The molecule has 0 fully saturated rings. The van der Waals surface area contributed by atoms with Crippen molar-refractivity contribution in [1.29, 1.82) is 0 Å². The maximum atomic E-state index is 14.7. The van der Waals surface area contributed by atoms with Gasteiger partial charge in [0.2, 0.25) is 0 Å². The summed E-state index contributed by atoms with van der Waals surface area (Å²) in [5.41, 5.74) is 3.86. The molecule has 4 rings (SSSR count). The Kier molecular flexibility index (Phi) is 4.31. The van der Waals surface area contributed by atoms with E-state index in [0.717, 1.165) is 23.4 Å². The van der Waals surface area contributed by atoms with Gasteiger partial charge in [-0.05, 0) is 35.9 Å². The standard InChI is InChI=1S/C20H15ClFN3O/c21-15-4-2-1-3-12(15)9-16(22)19-10-13(5-7-23-19)18-11-14-17(25-18)6-8-24-20(14)26/h1-5,7,9-11,25H,6,8H2,(H,24,26). The lowest BCUT2D eigenvalue weighted by Gasteiger charge is -2.10. The first-order valence-corrected chi connectivity index (χ1v) is 8.58. The van der Waals surface area contributed by atoms with E-state index in [1.54, 1.807) is 48.7 Å². The van der Waals surface area contributed by atoms with Crippen LogP contribution in [0.25, 0.3) is 23.2 Å². The van der Waals surface area contributed by atoms with Gasteiger partial charge in [-0.3, -0.25) is 9.78 Å². The first kappa shape index (κ1) is 16.5. The zero-order chi connectivity index (χ0) is 18.1. The minimum absolute atomic E-state index is 0.0900. The smallest absolute Gasteiger partial charge is 0.253 e. The lowest BCUT2D eigenvalue weighted by molar-refractivity contribution is 0.0946. The molecule has 130 valence electrons. The highest BCUT2D eigenvalue weighted by Crippen LogP contribution is 2.28. The van der Waals surface area contributed by atoms with Crippen LogP contribution in [-0.4, -0.2) is 22.4 Å². The van der Waals surface area contributed by atoms with Gasteiger partial charge in [0.05, 0.1) is 11.3 Å². The molecule has 0 saturated carbocycles. The number of aromatic nitrogens is 2. The molecule has 0 radical (unpaired) electrons. The molecule has 26 heavy (non-hydrogen) atoms. The molecule has 0 saturated heterocycles. The number of hydrogen-bond donors (Lipinski definition) is 2. The van der Waals surface area contributed by atoms with Crippen molar-refractivity contribution in [3.63, 3.8) is 0 Å². The highest BCUT2D eigenvalue weighted by molar-refractivity contribution is 6.32. The quantitative estimate of drug-likeness (QED) is 0.716. The number of halogens is 2. The molecule has 1 amide bonds. The predicted octanol–water partition coefficient (Wildman–Crippen LogP) is 4.48. The molecule has 2 N–H and O–H groups in total. The molecule has 1 aromatic carbocycles. The maximum Gasteiger partial charge on any atom is 0.253 e. The second-order valence-corrected chi connectivity index (χ2v) is 6.43. The van der Waals surface area contributed by atoms with Gasteiger partial charge in [0.25, 0.3) is 5.91 Å². The summed E-state index contributed by atoms with van der Waals surface area (Å²) in [6, 6.07) is 12.3. The van der Waals surface area contributed by atoms with Gasteiger partial charge in [-0.2, -0.15) is 0 Å². The molecule has 0 unspecified atom stereocenters. The molecule has 1 aliphatic rings. The molecule has 0 atom stereocenters. The van der Waals surface area contributed by atoms with Crippen LogP contribution in [0.3, 0.4) is 0 Å². The van der Waals surface area contributed by atoms with Crippen LogP contribution in [0, 0.1) is 0 Å². The first-order chi connectivity index (χ1) is 12.6. The number of hydrogen-bond acceptors (Lipinski definition) is 2. The van der Waals surface area contributed by atoms with E-state index in [4.69, 9.17) is 11.6 Å². The summed E-state index contributed by atoms with van der Waals surface area (Å²) in [5, 5.41) is 3.29. The van der Waals surface area contributed by atoms with Crippen molar-refractivity contribution in [2.45, 2.75) is 6.42 Å². The fourth-order valence-corrected chi connectivity index (χ4v) is 3.17. The van der Waals surface area contributed by atoms with Gasteiger partial charge in [0, 0.05) is 41.1 Å². The van der Waals surface area contributed by atoms with Crippen LogP contribution in [-0.2, 0) is 6.42 Å². The summed E-state index contributed by atoms with van der Waals surface area (Å²) >= 11 is 6.08. The van der Waals surface area contributed by atoms with Crippen molar-refractivity contribution in [2.75, 3.05) is 6.54 Å².